The Bertz CT molecular complexity index is 1930. The number of rotatable bonds is 1. The molecule has 16 N–H and O–H groups in total. The fourth-order valence-electron chi connectivity index (χ4n) is 4.71. The van der Waals surface area contributed by atoms with Crippen LogP contribution in [0.25, 0.3) is 43.4 Å². The summed E-state index contributed by atoms with van der Waals surface area (Å²) in [4.78, 5) is 0. The Morgan fingerprint density at radius 1 is 0.150 bits per heavy atom. The first kappa shape index (κ1) is 25.3. The molecule has 5 aromatic rings. The molecule has 0 saturated heterocycles. The van der Waals surface area contributed by atoms with E-state index in [4.69, 9.17) is 0 Å². The van der Waals surface area contributed by atoms with Crippen molar-refractivity contribution in [1.29, 1.82) is 0 Å². The maximum absolute atomic E-state index is 11.2. The van der Waals surface area contributed by atoms with Gasteiger partial charge in [-0.25, -0.2) is 0 Å². The highest BCUT2D eigenvalue weighted by atomic mass is 16.4. The van der Waals surface area contributed by atoms with Crippen molar-refractivity contribution in [3.05, 3.63) is 0 Å². The summed E-state index contributed by atoms with van der Waals surface area (Å²) in [6.07, 6.45) is 0. The van der Waals surface area contributed by atoms with E-state index in [9.17, 15) is 81.7 Å². The summed E-state index contributed by atoms with van der Waals surface area (Å²) in [6.45, 7) is 0. The number of benzene rings is 5. The molecule has 0 aliphatic carbocycles. The van der Waals surface area contributed by atoms with Crippen LogP contribution >= 0.6 is 0 Å². The van der Waals surface area contributed by atoms with E-state index in [1.165, 1.54) is 0 Å². The van der Waals surface area contributed by atoms with Gasteiger partial charge in [-0.15, -0.1) is 0 Å². The molecule has 0 fully saturated rings. The molecule has 0 saturated carbocycles. The third-order valence-corrected chi connectivity index (χ3v) is 6.58. The van der Waals surface area contributed by atoms with Gasteiger partial charge in [-0.05, 0) is 0 Å². The zero-order valence-corrected chi connectivity index (χ0v) is 19.2. The van der Waals surface area contributed by atoms with Crippen molar-refractivity contribution in [2.24, 2.45) is 0 Å². The average molecular weight is 560 g/mol. The van der Waals surface area contributed by atoms with Crippen LogP contribution in [-0.2, 0) is 0 Å². The minimum absolute atomic E-state index is 1.04. The van der Waals surface area contributed by atoms with Gasteiger partial charge < -0.3 is 81.7 Å². The Morgan fingerprint density at radius 2 is 0.375 bits per heavy atom. The van der Waals surface area contributed by atoms with Crippen molar-refractivity contribution in [3.63, 3.8) is 0 Å². The van der Waals surface area contributed by atoms with Crippen molar-refractivity contribution in [2.45, 2.75) is 0 Å². The molecule has 0 spiro atoms. The van der Waals surface area contributed by atoms with Gasteiger partial charge >= 0.3 is 0 Å². The lowest BCUT2D eigenvalue weighted by molar-refractivity contribution is 0.347. The van der Waals surface area contributed by atoms with Crippen molar-refractivity contribution < 1.29 is 81.7 Å². The maximum Gasteiger partial charge on any atom is 0.205 e. The Kier molecular flexibility index (Phi) is 4.82. The molecule has 0 unspecified atom stereocenters. The number of phenols is 16. The first-order valence-corrected chi connectivity index (χ1v) is 10.6. The summed E-state index contributed by atoms with van der Waals surface area (Å²) >= 11 is 0. The molecule has 16 nitrogen and oxygen atoms in total. The molecule has 0 aliphatic rings. The van der Waals surface area contributed by atoms with Gasteiger partial charge in [0.25, 0.3) is 0 Å². The second-order valence-electron chi connectivity index (χ2n) is 8.58. The molecule has 40 heavy (non-hydrogen) atoms. The van der Waals surface area contributed by atoms with Crippen molar-refractivity contribution in [1.82, 2.24) is 0 Å². The highest BCUT2D eigenvalue weighted by molar-refractivity contribution is 6.27. The summed E-state index contributed by atoms with van der Waals surface area (Å²) in [5.41, 5.74) is -2.26. The van der Waals surface area contributed by atoms with Crippen LogP contribution in [0.1, 0.15) is 0 Å². The normalized spacial score (nSPS) is 11.6. The molecular formula is C24H16O16. The molecule has 0 radical (unpaired) electrons. The highest BCUT2D eigenvalue weighted by Gasteiger charge is 2.36. The summed E-state index contributed by atoms with van der Waals surface area (Å²) in [6, 6.07) is 0. The lowest BCUT2D eigenvalue weighted by Gasteiger charge is -2.22. The summed E-state index contributed by atoms with van der Waals surface area (Å²) in [5.74, 6) is -22.7. The van der Waals surface area contributed by atoms with Gasteiger partial charge in [0, 0.05) is 16.3 Å². The van der Waals surface area contributed by atoms with Crippen molar-refractivity contribution in [2.75, 3.05) is 0 Å². The van der Waals surface area contributed by atoms with Gasteiger partial charge in [0.1, 0.15) is 11.5 Å². The largest absolute Gasteiger partial charge is 0.506 e. The van der Waals surface area contributed by atoms with Gasteiger partial charge in [-0.1, -0.05) is 0 Å². The molecule has 0 aromatic heterocycles. The van der Waals surface area contributed by atoms with E-state index in [2.05, 4.69) is 0 Å². The van der Waals surface area contributed by atoms with Crippen molar-refractivity contribution in [3.8, 4) is 103 Å². The molecule has 16 heteroatoms. The molecule has 0 amide bonds. The Hall–Kier alpha value is -6.32. The average Bonchev–Trinajstić information content (AvgIpc) is 2.92. The standard InChI is InChI=1S/C24H16O16/c25-9-4(13(29)14(30)8-7(9)17(33)23(39)24(40)18(8)34)1-2-5(15(31)21(37)19(35)11(2)27)10(26)6-3(1)12(28)20(36)22(38)16(6)32/h25-40H. The van der Waals surface area contributed by atoms with Gasteiger partial charge in [0.05, 0.1) is 27.1 Å². The van der Waals surface area contributed by atoms with Gasteiger partial charge in [-0.2, -0.15) is 0 Å². The SMILES string of the molecule is Oc1c(O)c(O)c2c(O)c(-c3c4c(O)c(O)c(O)c(O)c4c(O)c4c(O)c(O)c(O)c(O)c34)c(O)c(O)c2c1O. The first-order valence-electron chi connectivity index (χ1n) is 10.6. The van der Waals surface area contributed by atoms with E-state index in [1.807, 2.05) is 0 Å². The van der Waals surface area contributed by atoms with E-state index < -0.39 is 135 Å². The van der Waals surface area contributed by atoms with Gasteiger partial charge in [0.2, 0.25) is 34.5 Å². The Morgan fingerprint density at radius 3 is 0.700 bits per heavy atom. The van der Waals surface area contributed by atoms with E-state index in [0.29, 0.717) is 0 Å². The number of aromatic hydroxyl groups is 16. The van der Waals surface area contributed by atoms with Gasteiger partial charge in [-0.3, -0.25) is 0 Å². The number of hydrogen-bond donors (Lipinski definition) is 16. The van der Waals surface area contributed by atoms with Crippen LogP contribution in [-0.4, -0.2) is 81.7 Å². The van der Waals surface area contributed by atoms with Gasteiger partial charge in [0.15, 0.2) is 46.0 Å². The lowest BCUT2D eigenvalue weighted by Crippen LogP contribution is -1.94. The third kappa shape index (κ3) is 2.67. The molecule has 0 aliphatic heterocycles. The monoisotopic (exact) mass is 560 g/mol. The van der Waals surface area contributed by atoms with Crippen LogP contribution < -0.4 is 0 Å². The maximum atomic E-state index is 11.2. The molecule has 208 valence electrons. The second kappa shape index (κ2) is 7.60. The van der Waals surface area contributed by atoms with E-state index in [1.54, 1.807) is 0 Å². The third-order valence-electron chi connectivity index (χ3n) is 6.58. The van der Waals surface area contributed by atoms with Crippen LogP contribution in [0.4, 0.5) is 0 Å². The molecule has 5 aromatic carbocycles. The smallest absolute Gasteiger partial charge is 0.205 e. The zero-order valence-electron chi connectivity index (χ0n) is 19.2. The van der Waals surface area contributed by atoms with Crippen LogP contribution in [0.3, 0.4) is 0 Å². The fraction of sp³-hybridized carbons (Fsp3) is 0. The molecule has 0 heterocycles. The Labute approximate surface area is 217 Å². The fourth-order valence-corrected chi connectivity index (χ4v) is 4.71. The minimum Gasteiger partial charge on any atom is -0.506 e. The predicted octanol–water partition coefficient (Wildman–Crippen LogP) is 2.10. The highest BCUT2D eigenvalue weighted by Crippen LogP contribution is 2.66. The van der Waals surface area contributed by atoms with Crippen LogP contribution in [0, 0.1) is 0 Å². The summed E-state index contributed by atoms with van der Waals surface area (Å²) < 4.78 is 0. The molecule has 0 atom stereocenters. The molecular weight excluding hydrogens is 544 g/mol. The van der Waals surface area contributed by atoms with E-state index in [-0.39, 0.29) is 0 Å². The molecule has 0 bridgehead atoms. The van der Waals surface area contributed by atoms with Crippen LogP contribution in [0.15, 0.2) is 0 Å². The van der Waals surface area contributed by atoms with Crippen LogP contribution in [0.2, 0.25) is 0 Å². The number of hydrogen-bond acceptors (Lipinski definition) is 16. The quantitative estimate of drug-likeness (QED) is 0.0792. The minimum atomic E-state index is -1.49. The lowest BCUT2D eigenvalue weighted by atomic mass is 9.86. The predicted molar refractivity (Wildman–Crippen MR) is 131 cm³/mol. The van der Waals surface area contributed by atoms with E-state index >= 15 is 0 Å². The van der Waals surface area contributed by atoms with Crippen LogP contribution in [0.5, 0.6) is 92.0 Å². The summed E-state index contributed by atoms with van der Waals surface area (Å²) in [5, 5.41) is 161. The van der Waals surface area contributed by atoms with Crippen molar-refractivity contribution >= 4 is 32.3 Å². The number of phenolic OH excluding ortho intramolecular Hbond substituents is 16. The second-order valence-corrected chi connectivity index (χ2v) is 8.58. The first-order chi connectivity index (χ1) is 18.6. The Balaban J connectivity index is 2.26. The zero-order chi connectivity index (χ0) is 29.9. The number of fused-ring (bicyclic) bond motifs is 3. The molecule has 5 rings (SSSR count). The topological polar surface area (TPSA) is 324 Å². The van der Waals surface area contributed by atoms with E-state index in [0.717, 1.165) is 0 Å². The summed E-state index contributed by atoms with van der Waals surface area (Å²) in [7, 11) is 0.